The van der Waals surface area contributed by atoms with Gasteiger partial charge in [0.25, 0.3) is 0 Å². The largest absolute Gasteiger partial charge is 0.293 e. The monoisotopic (exact) mass is 240 g/mol. The topological polar surface area (TPSA) is 50.3 Å². The van der Waals surface area contributed by atoms with Crippen LogP contribution in [0.3, 0.4) is 0 Å². The normalized spacial score (nSPS) is 25.4. The molecule has 1 aromatic rings. The first-order valence-electron chi connectivity index (χ1n) is 5.41. The Morgan fingerprint density at radius 2 is 2.31 bits per heavy atom. The molecular formula is C11H16N2O2S. The molecule has 0 aromatic carbocycles. The fraction of sp³-hybridized carbons (Fsp3) is 0.545. The zero-order valence-electron chi connectivity index (χ0n) is 9.33. The second-order valence-corrected chi connectivity index (χ2v) is 6.48. The van der Waals surface area contributed by atoms with Crippen LogP contribution >= 0.6 is 0 Å². The molecule has 0 bridgehead atoms. The molecule has 0 spiro atoms. The van der Waals surface area contributed by atoms with Crippen LogP contribution in [0, 0.1) is 0 Å². The van der Waals surface area contributed by atoms with Crippen LogP contribution in [0.2, 0.25) is 0 Å². The Morgan fingerprint density at radius 1 is 1.50 bits per heavy atom. The summed E-state index contributed by atoms with van der Waals surface area (Å²) in [6, 6.07) is 5.89. The summed E-state index contributed by atoms with van der Waals surface area (Å²) >= 11 is 0. The van der Waals surface area contributed by atoms with Gasteiger partial charge in [-0.25, -0.2) is 8.42 Å². The molecule has 1 aliphatic rings. The van der Waals surface area contributed by atoms with Crippen molar-refractivity contribution in [3.05, 3.63) is 30.1 Å². The van der Waals surface area contributed by atoms with Crippen LogP contribution in [-0.4, -0.2) is 42.4 Å². The highest BCUT2D eigenvalue weighted by atomic mass is 32.2. The molecule has 0 saturated carbocycles. The Labute approximate surface area is 96.2 Å². The summed E-state index contributed by atoms with van der Waals surface area (Å²) < 4.78 is 22.8. The van der Waals surface area contributed by atoms with Gasteiger partial charge in [0.05, 0.1) is 17.2 Å². The summed E-state index contributed by atoms with van der Waals surface area (Å²) in [6.45, 7) is 3.30. The second kappa shape index (κ2) is 4.51. The minimum Gasteiger partial charge on any atom is -0.293 e. The van der Waals surface area contributed by atoms with Crippen LogP contribution in [0.15, 0.2) is 24.4 Å². The van der Waals surface area contributed by atoms with Crippen molar-refractivity contribution in [2.75, 3.05) is 18.1 Å². The molecule has 1 unspecified atom stereocenters. The zero-order chi connectivity index (χ0) is 11.6. The Bertz CT molecular complexity index is 444. The van der Waals surface area contributed by atoms with Crippen LogP contribution in [0.1, 0.15) is 12.6 Å². The first-order chi connectivity index (χ1) is 7.57. The van der Waals surface area contributed by atoms with Crippen LogP contribution in [-0.2, 0) is 16.4 Å². The number of sulfone groups is 1. The van der Waals surface area contributed by atoms with Crippen molar-refractivity contribution in [1.82, 2.24) is 9.88 Å². The molecule has 0 radical (unpaired) electrons. The molecule has 2 rings (SSSR count). The summed E-state index contributed by atoms with van der Waals surface area (Å²) in [7, 11) is -2.82. The van der Waals surface area contributed by atoms with Crippen molar-refractivity contribution >= 4 is 9.84 Å². The van der Waals surface area contributed by atoms with E-state index in [2.05, 4.69) is 9.88 Å². The lowest BCUT2D eigenvalue weighted by atomic mass is 10.2. The highest BCUT2D eigenvalue weighted by molar-refractivity contribution is 7.91. The minimum atomic E-state index is -2.82. The van der Waals surface area contributed by atoms with Gasteiger partial charge in [0.2, 0.25) is 0 Å². The van der Waals surface area contributed by atoms with Gasteiger partial charge in [-0.1, -0.05) is 6.07 Å². The Kier molecular flexibility index (Phi) is 3.25. The Hall–Kier alpha value is -0.940. The molecule has 1 saturated heterocycles. The van der Waals surface area contributed by atoms with E-state index in [1.807, 2.05) is 25.1 Å². The summed E-state index contributed by atoms with van der Waals surface area (Å²) in [5.74, 6) is 0.532. The van der Waals surface area contributed by atoms with Gasteiger partial charge >= 0.3 is 0 Å². The highest BCUT2D eigenvalue weighted by Gasteiger charge is 2.27. The fourth-order valence-corrected chi connectivity index (χ4v) is 3.59. The van der Waals surface area contributed by atoms with E-state index in [4.69, 9.17) is 0 Å². The summed E-state index contributed by atoms with van der Waals surface area (Å²) in [5, 5.41) is 0. The van der Waals surface area contributed by atoms with Crippen molar-refractivity contribution < 1.29 is 8.42 Å². The summed E-state index contributed by atoms with van der Waals surface area (Å²) in [6.07, 6.45) is 1.76. The van der Waals surface area contributed by atoms with E-state index < -0.39 is 9.84 Å². The number of pyridine rings is 1. The van der Waals surface area contributed by atoms with Crippen molar-refractivity contribution in [3.63, 3.8) is 0 Å². The van der Waals surface area contributed by atoms with Crippen LogP contribution in [0.4, 0.5) is 0 Å². The van der Waals surface area contributed by atoms with E-state index in [1.165, 1.54) is 0 Å². The minimum absolute atomic E-state index is 0.0840. The number of hydrogen-bond acceptors (Lipinski definition) is 4. The zero-order valence-corrected chi connectivity index (χ0v) is 10.2. The number of aromatic nitrogens is 1. The van der Waals surface area contributed by atoms with Crippen LogP contribution < -0.4 is 0 Å². The first kappa shape index (κ1) is 11.5. The maximum absolute atomic E-state index is 11.4. The molecular weight excluding hydrogens is 224 g/mol. The number of nitrogens with zero attached hydrogens (tertiary/aromatic N) is 2. The van der Waals surface area contributed by atoms with Crippen molar-refractivity contribution in [3.8, 4) is 0 Å². The third kappa shape index (κ3) is 2.80. The van der Waals surface area contributed by atoms with Gasteiger partial charge in [-0.15, -0.1) is 0 Å². The van der Waals surface area contributed by atoms with E-state index in [0.29, 0.717) is 6.54 Å². The molecule has 5 heteroatoms. The predicted molar refractivity (Wildman–Crippen MR) is 62.8 cm³/mol. The van der Waals surface area contributed by atoms with Gasteiger partial charge in [-0.3, -0.25) is 9.88 Å². The maximum Gasteiger partial charge on any atom is 0.153 e. The SMILES string of the molecule is CC1CS(=O)(=O)CCN1Cc1ccccn1. The van der Waals surface area contributed by atoms with E-state index in [9.17, 15) is 8.42 Å². The predicted octanol–water partition coefficient (Wildman–Crippen LogP) is 0.700. The van der Waals surface area contributed by atoms with E-state index in [0.717, 1.165) is 12.2 Å². The molecule has 88 valence electrons. The van der Waals surface area contributed by atoms with Gasteiger partial charge in [0.15, 0.2) is 9.84 Å². The molecule has 0 N–H and O–H groups in total. The molecule has 1 atom stereocenters. The average Bonchev–Trinajstić information content (AvgIpc) is 2.23. The van der Waals surface area contributed by atoms with E-state index in [1.54, 1.807) is 6.20 Å². The third-order valence-electron chi connectivity index (χ3n) is 2.90. The number of hydrogen-bond donors (Lipinski definition) is 0. The average molecular weight is 240 g/mol. The number of rotatable bonds is 2. The molecule has 1 fully saturated rings. The van der Waals surface area contributed by atoms with Gasteiger partial charge in [0.1, 0.15) is 0 Å². The highest BCUT2D eigenvalue weighted by Crippen LogP contribution is 2.13. The second-order valence-electron chi connectivity index (χ2n) is 4.25. The van der Waals surface area contributed by atoms with E-state index in [-0.39, 0.29) is 17.5 Å². The van der Waals surface area contributed by atoms with E-state index >= 15 is 0 Å². The van der Waals surface area contributed by atoms with Gasteiger partial charge in [-0.2, -0.15) is 0 Å². The smallest absolute Gasteiger partial charge is 0.153 e. The molecule has 16 heavy (non-hydrogen) atoms. The lowest BCUT2D eigenvalue weighted by Crippen LogP contribution is -2.46. The van der Waals surface area contributed by atoms with Crippen LogP contribution in [0.25, 0.3) is 0 Å². The molecule has 0 aliphatic carbocycles. The van der Waals surface area contributed by atoms with Crippen molar-refractivity contribution in [2.24, 2.45) is 0 Å². The molecule has 4 nitrogen and oxygen atoms in total. The van der Waals surface area contributed by atoms with Crippen molar-refractivity contribution in [2.45, 2.75) is 19.5 Å². The molecule has 1 aliphatic heterocycles. The molecule has 2 heterocycles. The fourth-order valence-electron chi connectivity index (χ4n) is 1.97. The lowest BCUT2D eigenvalue weighted by Gasteiger charge is -2.32. The lowest BCUT2D eigenvalue weighted by molar-refractivity contribution is 0.215. The third-order valence-corrected chi connectivity index (χ3v) is 4.69. The molecule has 1 aromatic heterocycles. The first-order valence-corrected chi connectivity index (χ1v) is 7.23. The Balaban J connectivity index is 2.02. The van der Waals surface area contributed by atoms with Crippen LogP contribution in [0.5, 0.6) is 0 Å². The van der Waals surface area contributed by atoms with Gasteiger partial charge < -0.3 is 0 Å². The van der Waals surface area contributed by atoms with Gasteiger partial charge in [-0.05, 0) is 19.1 Å². The maximum atomic E-state index is 11.4. The Morgan fingerprint density at radius 3 is 2.94 bits per heavy atom. The molecule has 0 amide bonds. The van der Waals surface area contributed by atoms with Gasteiger partial charge in [0, 0.05) is 25.3 Å². The van der Waals surface area contributed by atoms with Crippen molar-refractivity contribution in [1.29, 1.82) is 0 Å². The summed E-state index contributed by atoms with van der Waals surface area (Å²) in [4.78, 5) is 6.42. The summed E-state index contributed by atoms with van der Waals surface area (Å²) in [5.41, 5.74) is 0.994. The quantitative estimate of drug-likeness (QED) is 0.763. The standard InChI is InChI=1S/C11H16N2O2S/c1-10-9-16(14,15)7-6-13(10)8-11-4-2-3-5-12-11/h2-5,10H,6-9H2,1H3.